The van der Waals surface area contributed by atoms with E-state index in [1.54, 1.807) is 0 Å². The fraction of sp³-hybridized carbons (Fsp3) is 1.00. The second-order valence-electron chi connectivity index (χ2n) is 12.0. The van der Waals surface area contributed by atoms with Gasteiger partial charge in [0.1, 0.15) is 0 Å². The first-order chi connectivity index (χ1) is 12.1. The summed E-state index contributed by atoms with van der Waals surface area (Å²) in [5, 5.41) is 0. The summed E-state index contributed by atoms with van der Waals surface area (Å²) >= 11 is 0. The first-order valence-corrected chi connectivity index (χ1v) is 11.4. The molecule has 0 aromatic rings. The van der Waals surface area contributed by atoms with Crippen LogP contribution in [-0.4, -0.2) is 23.4 Å². The molecule has 2 heteroatoms. The van der Waals surface area contributed by atoms with Crippen LogP contribution in [0.2, 0.25) is 0 Å². The van der Waals surface area contributed by atoms with Crippen LogP contribution >= 0.6 is 0 Å². The van der Waals surface area contributed by atoms with Gasteiger partial charge in [0, 0.05) is 0 Å². The second kappa shape index (κ2) is 6.48. The van der Waals surface area contributed by atoms with Crippen LogP contribution in [0.3, 0.4) is 0 Å². The van der Waals surface area contributed by atoms with Gasteiger partial charge < -0.3 is 9.47 Å². The third kappa shape index (κ3) is 3.88. The normalized spacial score (nSPS) is 45.0. The van der Waals surface area contributed by atoms with E-state index in [9.17, 15) is 0 Å². The van der Waals surface area contributed by atoms with Gasteiger partial charge in [-0.2, -0.15) is 0 Å². The number of ether oxygens (including phenoxy) is 2. The summed E-state index contributed by atoms with van der Waals surface area (Å²) < 4.78 is 12.9. The van der Waals surface area contributed by atoms with Crippen molar-refractivity contribution in [1.29, 1.82) is 0 Å². The Morgan fingerprint density at radius 1 is 0.808 bits per heavy atom. The first kappa shape index (κ1) is 19.2. The molecule has 0 heterocycles. The Labute approximate surface area is 161 Å². The van der Waals surface area contributed by atoms with Crippen molar-refractivity contribution in [2.75, 3.05) is 0 Å². The zero-order valence-electron chi connectivity index (χ0n) is 18.1. The van der Waals surface area contributed by atoms with Gasteiger partial charge in [-0.15, -0.1) is 0 Å². The molecule has 0 saturated heterocycles. The highest BCUT2D eigenvalue weighted by atomic mass is 16.5. The monoisotopic (exact) mass is 362 g/mol. The summed E-state index contributed by atoms with van der Waals surface area (Å²) in [7, 11) is 0. The maximum atomic E-state index is 6.64. The SMILES string of the molecule is CC(C)(C)OC1CC2C(C1)C2(C)CCC(C)(C)OC1CC2CCCC2C1. The van der Waals surface area contributed by atoms with Crippen molar-refractivity contribution in [3.63, 3.8) is 0 Å². The van der Waals surface area contributed by atoms with Crippen molar-refractivity contribution in [3.05, 3.63) is 0 Å². The van der Waals surface area contributed by atoms with E-state index in [0.29, 0.717) is 17.6 Å². The van der Waals surface area contributed by atoms with Crippen LogP contribution < -0.4 is 0 Å². The molecule has 0 spiro atoms. The van der Waals surface area contributed by atoms with E-state index in [1.165, 1.54) is 57.8 Å². The molecule has 4 saturated carbocycles. The van der Waals surface area contributed by atoms with E-state index in [-0.39, 0.29) is 11.2 Å². The third-order valence-corrected chi connectivity index (χ3v) is 8.32. The van der Waals surface area contributed by atoms with Gasteiger partial charge in [0.2, 0.25) is 0 Å². The van der Waals surface area contributed by atoms with Crippen molar-refractivity contribution < 1.29 is 9.47 Å². The smallest absolute Gasteiger partial charge is 0.0630 e. The molecule has 0 aromatic carbocycles. The average Bonchev–Trinajstić information content (AvgIpc) is 2.97. The Kier molecular flexibility index (Phi) is 4.79. The van der Waals surface area contributed by atoms with Crippen LogP contribution in [0.15, 0.2) is 0 Å². The Bertz CT molecular complexity index is 493. The maximum Gasteiger partial charge on any atom is 0.0630 e. The largest absolute Gasteiger partial charge is 0.373 e. The fourth-order valence-corrected chi connectivity index (χ4v) is 6.94. The summed E-state index contributed by atoms with van der Waals surface area (Å²) in [6.07, 6.45) is 13.2. The summed E-state index contributed by atoms with van der Waals surface area (Å²) in [6.45, 7) is 13.8. The van der Waals surface area contributed by atoms with Gasteiger partial charge in [0.05, 0.1) is 23.4 Å². The zero-order chi connectivity index (χ0) is 18.7. The minimum atomic E-state index is 0.00720. The average molecular weight is 363 g/mol. The van der Waals surface area contributed by atoms with E-state index in [2.05, 4.69) is 41.5 Å². The lowest BCUT2D eigenvalue weighted by atomic mass is 9.87. The van der Waals surface area contributed by atoms with Gasteiger partial charge in [-0.05, 0) is 102 Å². The molecule has 4 aliphatic rings. The summed E-state index contributed by atoms with van der Waals surface area (Å²) in [5.74, 6) is 3.76. The third-order valence-electron chi connectivity index (χ3n) is 8.32. The van der Waals surface area contributed by atoms with Crippen molar-refractivity contribution in [2.45, 2.75) is 123 Å². The zero-order valence-corrected chi connectivity index (χ0v) is 18.1. The van der Waals surface area contributed by atoms with Crippen molar-refractivity contribution >= 4 is 0 Å². The van der Waals surface area contributed by atoms with E-state index >= 15 is 0 Å². The van der Waals surface area contributed by atoms with Gasteiger partial charge in [0.15, 0.2) is 0 Å². The lowest BCUT2D eigenvalue weighted by Crippen LogP contribution is -2.31. The number of rotatable bonds is 6. The minimum Gasteiger partial charge on any atom is -0.373 e. The lowest BCUT2D eigenvalue weighted by Gasteiger charge is -2.32. The highest BCUT2D eigenvalue weighted by molar-refractivity contribution is 5.13. The number of hydrogen-bond acceptors (Lipinski definition) is 2. The van der Waals surface area contributed by atoms with Crippen molar-refractivity contribution in [2.24, 2.45) is 29.1 Å². The molecule has 0 bridgehead atoms. The Balaban J connectivity index is 1.22. The fourth-order valence-electron chi connectivity index (χ4n) is 6.94. The molecule has 4 rings (SSSR count). The van der Waals surface area contributed by atoms with Crippen LogP contribution in [-0.2, 0) is 9.47 Å². The number of hydrogen-bond donors (Lipinski definition) is 0. The highest BCUT2D eigenvalue weighted by Gasteiger charge is 2.65. The van der Waals surface area contributed by atoms with Crippen LogP contribution in [0, 0.1) is 29.1 Å². The van der Waals surface area contributed by atoms with Gasteiger partial charge >= 0.3 is 0 Å². The molecule has 4 atom stereocenters. The van der Waals surface area contributed by atoms with Crippen LogP contribution in [0.25, 0.3) is 0 Å². The maximum absolute atomic E-state index is 6.64. The summed E-state index contributed by atoms with van der Waals surface area (Å²) in [6, 6.07) is 0. The molecule has 150 valence electrons. The van der Waals surface area contributed by atoms with Gasteiger partial charge in [-0.3, -0.25) is 0 Å². The van der Waals surface area contributed by atoms with Crippen LogP contribution in [0.1, 0.15) is 99.3 Å². The molecule has 0 amide bonds. The number of fused-ring (bicyclic) bond motifs is 2. The van der Waals surface area contributed by atoms with E-state index < -0.39 is 0 Å². The molecular weight excluding hydrogens is 320 g/mol. The van der Waals surface area contributed by atoms with Gasteiger partial charge in [-0.25, -0.2) is 0 Å². The molecule has 4 aliphatic carbocycles. The van der Waals surface area contributed by atoms with Crippen LogP contribution in [0.4, 0.5) is 0 Å². The topological polar surface area (TPSA) is 18.5 Å². The van der Waals surface area contributed by atoms with Crippen LogP contribution in [0.5, 0.6) is 0 Å². The molecule has 0 N–H and O–H groups in total. The standard InChI is InChI=1S/C24H42O2/c1-22(2,3)25-19-14-20-21(15-19)24(20,6)11-10-23(4,5)26-18-12-16-8-7-9-17(16)13-18/h16-21H,7-15H2,1-6H3. The molecule has 26 heavy (non-hydrogen) atoms. The molecule has 4 unspecified atom stereocenters. The van der Waals surface area contributed by atoms with E-state index in [1.807, 2.05) is 0 Å². The second-order valence-corrected chi connectivity index (χ2v) is 12.0. The van der Waals surface area contributed by atoms with E-state index in [4.69, 9.17) is 9.47 Å². The minimum absolute atomic E-state index is 0.00720. The molecular formula is C24H42O2. The predicted molar refractivity (Wildman–Crippen MR) is 107 cm³/mol. The Morgan fingerprint density at radius 2 is 1.35 bits per heavy atom. The molecule has 2 nitrogen and oxygen atoms in total. The van der Waals surface area contributed by atoms with E-state index in [0.717, 1.165) is 23.7 Å². The van der Waals surface area contributed by atoms with Crippen molar-refractivity contribution in [1.82, 2.24) is 0 Å². The lowest BCUT2D eigenvalue weighted by molar-refractivity contribution is -0.0817. The highest BCUT2D eigenvalue weighted by Crippen LogP contribution is 2.70. The molecule has 4 fully saturated rings. The van der Waals surface area contributed by atoms with Gasteiger partial charge in [0.25, 0.3) is 0 Å². The van der Waals surface area contributed by atoms with Gasteiger partial charge in [-0.1, -0.05) is 26.2 Å². The summed E-state index contributed by atoms with van der Waals surface area (Å²) in [4.78, 5) is 0. The summed E-state index contributed by atoms with van der Waals surface area (Å²) in [5.41, 5.74) is 0.613. The molecule has 0 aromatic heterocycles. The Morgan fingerprint density at radius 3 is 1.88 bits per heavy atom. The Hall–Kier alpha value is -0.0800. The first-order valence-electron chi connectivity index (χ1n) is 11.4. The van der Waals surface area contributed by atoms with Crippen molar-refractivity contribution in [3.8, 4) is 0 Å². The predicted octanol–water partition coefficient (Wildman–Crippen LogP) is 6.37. The molecule has 0 aliphatic heterocycles. The molecule has 0 radical (unpaired) electrons. The quantitative estimate of drug-likeness (QED) is 0.546.